The van der Waals surface area contributed by atoms with E-state index in [9.17, 15) is 0 Å². The maximum Gasteiger partial charge on any atom is 0.120 e. The van der Waals surface area contributed by atoms with Gasteiger partial charge in [-0.3, -0.25) is 0 Å². The van der Waals surface area contributed by atoms with Gasteiger partial charge >= 0.3 is 0 Å². The van der Waals surface area contributed by atoms with Crippen molar-refractivity contribution < 1.29 is 4.74 Å². The lowest BCUT2D eigenvalue weighted by Crippen LogP contribution is -2.45. The minimum absolute atomic E-state index is 0.642. The summed E-state index contributed by atoms with van der Waals surface area (Å²) in [5.41, 5.74) is 1.95. The minimum atomic E-state index is 0.642. The van der Waals surface area contributed by atoms with E-state index in [1.807, 2.05) is 6.07 Å². The third-order valence-electron chi connectivity index (χ3n) is 3.60. The van der Waals surface area contributed by atoms with E-state index in [-0.39, 0.29) is 0 Å². The Hall–Kier alpha value is -1.18. The summed E-state index contributed by atoms with van der Waals surface area (Å²) in [7, 11) is 1.72. The van der Waals surface area contributed by atoms with Crippen LogP contribution in [0.1, 0.15) is 13.3 Å². The molecule has 0 radical (unpaired) electrons. The fourth-order valence-corrected chi connectivity index (χ4v) is 2.49. The molecule has 1 aromatic rings. The molecule has 0 bridgehead atoms. The van der Waals surface area contributed by atoms with Crippen molar-refractivity contribution in [3.05, 3.63) is 24.3 Å². The van der Waals surface area contributed by atoms with Crippen LogP contribution in [0.15, 0.2) is 24.3 Å². The number of hydrogen-bond donors (Lipinski definition) is 0. The monoisotopic (exact) mass is 189 g/mol. The lowest BCUT2D eigenvalue weighted by Gasteiger charge is -2.38. The van der Waals surface area contributed by atoms with Crippen molar-refractivity contribution in [2.75, 3.05) is 18.6 Å². The zero-order valence-electron chi connectivity index (χ0n) is 8.66. The SMILES string of the molecule is COc1cccc(N2C[C@@]3(C)C[C@@H]23)c1. The zero-order chi connectivity index (χ0) is 9.76. The Labute approximate surface area is 84.5 Å². The molecule has 0 N–H and O–H groups in total. The van der Waals surface area contributed by atoms with E-state index in [0.717, 1.165) is 11.8 Å². The van der Waals surface area contributed by atoms with Crippen molar-refractivity contribution >= 4 is 5.69 Å². The van der Waals surface area contributed by atoms with Gasteiger partial charge in [-0.05, 0) is 18.6 Å². The van der Waals surface area contributed by atoms with Gasteiger partial charge in [-0.1, -0.05) is 13.0 Å². The summed E-state index contributed by atoms with van der Waals surface area (Å²) in [6.07, 6.45) is 1.37. The van der Waals surface area contributed by atoms with Crippen molar-refractivity contribution in [1.29, 1.82) is 0 Å². The Balaban J connectivity index is 1.84. The van der Waals surface area contributed by atoms with E-state index < -0.39 is 0 Å². The van der Waals surface area contributed by atoms with Crippen LogP contribution in [0.4, 0.5) is 5.69 Å². The van der Waals surface area contributed by atoms with Crippen LogP contribution in [0.2, 0.25) is 0 Å². The highest BCUT2D eigenvalue weighted by Gasteiger charge is 2.63. The molecule has 0 aromatic heterocycles. The molecule has 0 unspecified atom stereocenters. The number of nitrogens with zero attached hydrogens (tertiary/aromatic N) is 1. The number of benzene rings is 1. The van der Waals surface area contributed by atoms with Gasteiger partial charge in [0.25, 0.3) is 0 Å². The lowest BCUT2D eigenvalue weighted by molar-refractivity contribution is 0.410. The van der Waals surface area contributed by atoms with Gasteiger partial charge in [0.15, 0.2) is 0 Å². The van der Waals surface area contributed by atoms with Crippen molar-refractivity contribution in [2.45, 2.75) is 19.4 Å². The second-order valence-corrected chi connectivity index (χ2v) is 4.70. The van der Waals surface area contributed by atoms with Crippen molar-refractivity contribution in [1.82, 2.24) is 0 Å². The van der Waals surface area contributed by atoms with Gasteiger partial charge in [0.2, 0.25) is 0 Å². The third-order valence-corrected chi connectivity index (χ3v) is 3.60. The van der Waals surface area contributed by atoms with Gasteiger partial charge in [-0.25, -0.2) is 0 Å². The molecule has 2 aliphatic rings. The van der Waals surface area contributed by atoms with Gasteiger partial charge < -0.3 is 9.64 Å². The highest BCUT2D eigenvalue weighted by Crippen LogP contribution is 2.59. The molecular weight excluding hydrogens is 174 g/mol. The molecule has 1 aliphatic heterocycles. The molecule has 2 heteroatoms. The number of rotatable bonds is 2. The lowest BCUT2D eigenvalue weighted by atomic mass is 10.0. The zero-order valence-corrected chi connectivity index (χ0v) is 8.66. The summed E-state index contributed by atoms with van der Waals surface area (Å²) in [5.74, 6) is 0.955. The molecule has 74 valence electrons. The van der Waals surface area contributed by atoms with Crippen LogP contribution in [-0.2, 0) is 0 Å². The first-order valence-electron chi connectivity index (χ1n) is 5.14. The number of anilines is 1. The Morgan fingerprint density at radius 1 is 1.50 bits per heavy atom. The maximum atomic E-state index is 5.22. The number of methoxy groups -OCH3 is 1. The van der Waals surface area contributed by atoms with Gasteiger partial charge in [0.1, 0.15) is 5.75 Å². The highest BCUT2D eigenvalue weighted by molar-refractivity contribution is 5.58. The summed E-state index contributed by atoms with van der Waals surface area (Å²) in [4.78, 5) is 2.47. The van der Waals surface area contributed by atoms with Crippen LogP contribution >= 0.6 is 0 Å². The Kier molecular flexibility index (Phi) is 1.42. The smallest absolute Gasteiger partial charge is 0.120 e. The normalized spacial score (nSPS) is 33.3. The third kappa shape index (κ3) is 0.969. The van der Waals surface area contributed by atoms with Crippen molar-refractivity contribution in [3.63, 3.8) is 0 Å². The highest BCUT2D eigenvalue weighted by atomic mass is 16.5. The van der Waals surface area contributed by atoms with Crippen LogP contribution < -0.4 is 9.64 Å². The first-order chi connectivity index (χ1) is 6.73. The van der Waals surface area contributed by atoms with E-state index in [0.29, 0.717) is 5.41 Å². The molecule has 2 nitrogen and oxygen atoms in total. The van der Waals surface area contributed by atoms with Gasteiger partial charge in [0.05, 0.1) is 7.11 Å². The maximum absolute atomic E-state index is 5.22. The largest absolute Gasteiger partial charge is 0.497 e. The Bertz CT molecular complexity index is 376. The predicted molar refractivity (Wildman–Crippen MR) is 56.9 cm³/mol. The molecule has 2 atom stereocenters. The average molecular weight is 189 g/mol. The molecule has 3 rings (SSSR count). The molecule has 1 aromatic carbocycles. The second-order valence-electron chi connectivity index (χ2n) is 4.70. The second kappa shape index (κ2) is 2.44. The number of ether oxygens (including phenoxy) is 1. The molecule has 0 spiro atoms. The molecule has 0 amide bonds. The van der Waals surface area contributed by atoms with Gasteiger partial charge in [-0.2, -0.15) is 0 Å². The molecule has 1 heterocycles. The van der Waals surface area contributed by atoms with E-state index >= 15 is 0 Å². The topological polar surface area (TPSA) is 12.5 Å². The average Bonchev–Trinajstić information content (AvgIpc) is 2.73. The fourth-order valence-electron chi connectivity index (χ4n) is 2.49. The molecule has 1 saturated carbocycles. The first kappa shape index (κ1) is 8.16. The fraction of sp³-hybridized carbons (Fsp3) is 0.500. The van der Waals surface area contributed by atoms with Gasteiger partial charge in [-0.15, -0.1) is 0 Å². The van der Waals surface area contributed by atoms with Crippen LogP contribution in [-0.4, -0.2) is 19.7 Å². The summed E-state index contributed by atoms with van der Waals surface area (Å²) < 4.78 is 5.22. The molecular formula is C12H15NO. The van der Waals surface area contributed by atoms with Crippen LogP contribution in [0.5, 0.6) is 5.75 Å². The summed E-state index contributed by atoms with van der Waals surface area (Å²) in [5, 5.41) is 0. The molecule has 14 heavy (non-hydrogen) atoms. The summed E-state index contributed by atoms with van der Waals surface area (Å²) in [6.45, 7) is 3.58. The van der Waals surface area contributed by atoms with E-state index in [2.05, 4.69) is 30.0 Å². The van der Waals surface area contributed by atoms with E-state index in [1.165, 1.54) is 18.7 Å². The Morgan fingerprint density at radius 2 is 2.36 bits per heavy atom. The standard InChI is InChI=1S/C12H15NO/c1-12-7-11(12)13(8-12)9-4-3-5-10(6-9)14-2/h3-6,11H,7-8H2,1-2H3/t11-,12-/m1/s1. The van der Waals surface area contributed by atoms with Crippen LogP contribution in [0.25, 0.3) is 0 Å². The molecule has 2 fully saturated rings. The summed E-state index contributed by atoms with van der Waals surface area (Å²) >= 11 is 0. The van der Waals surface area contributed by atoms with E-state index in [4.69, 9.17) is 4.74 Å². The quantitative estimate of drug-likeness (QED) is 0.707. The predicted octanol–water partition coefficient (Wildman–Crippen LogP) is 2.29. The minimum Gasteiger partial charge on any atom is -0.497 e. The van der Waals surface area contributed by atoms with Gasteiger partial charge in [0, 0.05) is 29.8 Å². The van der Waals surface area contributed by atoms with E-state index in [1.54, 1.807) is 7.11 Å². The number of fused-ring (bicyclic) bond motifs is 1. The molecule has 1 saturated heterocycles. The summed E-state index contributed by atoms with van der Waals surface area (Å²) in [6, 6.07) is 9.15. The Morgan fingerprint density at radius 3 is 2.93 bits per heavy atom. The number of hydrogen-bond acceptors (Lipinski definition) is 2. The van der Waals surface area contributed by atoms with Crippen molar-refractivity contribution in [2.24, 2.45) is 5.41 Å². The van der Waals surface area contributed by atoms with Crippen LogP contribution in [0.3, 0.4) is 0 Å². The first-order valence-corrected chi connectivity index (χ1v) is 5.14. The van der Waals surface area contributed by atoms with Crippen LogP contribution in [0, 0.1) is 5.41 Å². The molecule has 1 aliphatic carbocycles. The van der Waals surface area contributed by atoms with Crippen molar-refractivity contribution in [3.8, 4) is 5.75 Å².